The normalized spacial score (nSPS) is 10.7. The Labute approximate surface area is 105 Å². The maximum Gasteiger partial charge on any atom is 0.267 e. The molecule has 0 spiro atoms. The van der Waals surface area contributed by atoms with Crippen molar-refractivity contribution < 1.29 is 0 Å². The van der Waals surface area contributed by atoms with Gasteiger partial charge in [-0.3, -0.25) is 9.36 Å². The second-order valence-electron chi connectivity index (χ2n) is 4.02. The summed E-state index contributed by atoms with van der Waals surface area (Å²) in [6.45, 7) is 4.85. The predicted octanol–water partition coefficient (Wildman–Crippen LogP) is 3.28. The summed E-state index contributed by atoms with van der Waals surface area (Å²) >= 11 is 3.22. The van der Waals surface area contributed by atoms with Crippen molar-refractivity contribution in [3.63, 3.8) is 0 Å². The first kappa shape index (κ1) is 13.4. The summed E-state index contributed by atoms with van der Waals surface area (Å²) < 4.78 is 2.29. The van der Waals surface area contributed by atoms with E-state index in [9.17, 15) is 4.79 Å². The van der Waals surface area contributed by atoms with E-state index in [2.05, 4.69) is 27.8 Å². The Kier molecular flexibility index (Phi) is 5.74. The van der Waals surface area contributed by atoms with Crippen molar-refractivity contribution in [2.24, 2.45) is 0 Å². The molecule has 90 valence electrons. The molecule has 0 unspecified atom stereocenters. The number of hydrogen-bond donors (Lipinski definition) is 0. The van der Waals surface area contributed by atoms with Gasteiger partial charge in [-0.25, -0.2) is 4.98 Å². The van der Waals surface area contributed by atoms with Gasteiger partial charge < -0.3 is 0 Å². The molecule has 0 aliphatic rings. The third kappa shape index (κ3) is 3.74. The molecule has 0 aliphatic carbocycles. The average Bonchev–Trinajstić information content (AvgIpc) is 2.28. The van der Waals surface area contributed by atoms with Gasteiger partial charge >= 0.3 is 0 Å². The van der Waals surface area contributed by atoms with Crippen molar-refractivity contribution in [2.75, 3.05) is 0 Å². The molecule has 0 aromatic carbocycles. The Morgan fingerprint density at radius 2 is 2.00 bits per heavy atom. The van der Waals surface area contributed by atoms with Crippen LogP contribution in [0.4, 0.5) is 0 Å². The molecule has 1 aromatic heterocycles. The van der Waals surface area contributed by atoms with E-state index in [4.69, 9.17) is 0 Å². The predicted molar refractivity (Wildman–Crippen MR) is 69.7 cm³/mol. The van der Waals surface area contributed by atoms with Crippen LogP contribution in [0.2, 0.25) is 0 Å². The van der Waals surface area contributed by atoms with Gasteiger partial charge in [0.1, 0.15) is 10.3 Å². The number of halogens is 1. The number of unbranched alkanes of at least 4 members (excludes halogenated alkanes) is 4. The highest BCUT2D eigenvalue weighted by Gasteiger charge is 2.04. The SMILES string of the molecule is CCCCCCCn1c(C)ncc(Br)c1=O. The first-order valence-corrected chi connectivity index (χ1v) is 6.68. The maximum atomic E-state index is 11.8. The van der Waals surface area contributed by atoms with Crippen molar-refractivity contribution >= 4 is 15.9 Å². The zero-order valence-electron chi connectivity index (χ0n) is 10.0. The van der Waals surface area contributed by atoms with E-state index in [-0.39, 0.29) is 5.56 Å². The summed E-state index contributed by atoms with van der Waals surface area (Å²) in [7, 11) is 0. The molecule has 0 saturated carbocycles. The van der Waals surface area contributed by atoms with Crippen LogP contribution >= 0.6 is 15.9 Å². The molecule has 0 bridgehead atoms. The van der Waals surface area contributed by atoms with Crippen molar-refractivity contribution in [3.05, 3.63) is 26.8 Å². The van der Waals surface area contributed by atoms with Gasteiger partial charge in [0.25, 0.3) is 5.56 Å². The van der Waals surface area contributed by atoms with Gasteiger partial charge in [-0.15, -0.1) is 0 Å². The fraction of sp³-hybridized carbons (Fsp3) is 0.667. The standard InChI is InChI=1S/C12H19BrN2O/c1-3-4-5-6-7-8-15-10(2)14-9-11(13)12(15)16/h9H,3-8H2,1-2H3. The third-order valence-corrected chi connectivity index (χ3v) is 3.23. The van der Waals surface area contributed by atoms with E-state index in [0.717, 1.165) is 18.8 Å². The second-order valence-corrected chi connectivity index (χ2v) is 4.88. The van der Waals surface area contributed by atoms with Gasteiger partial charge in [-0.2, -0.15) is 0 Å². The van der Waals surface area contributed by atoms with Crippen LogP contribution in [0.25, 0.3) is 0 Å². The van der Waals surface area contributed by atoms with E-state index in [1.54, 1.807) is 10.8 Å². The van der Waals surface area contributed by atoms with Crippen molar-refractivity contribution in [2.45, 2.75) is 52.5 Å². The monoisotopic (exact) mass is 286 g/mol. The van der Waals surface area contributed by atoms with Crippen molar-refractivity contribution in [3.8, 4) is 0 Å². The fourth-order valence-corrected chi connectivity index (χ4v) is 2.00. The maximum absolute atomic E-state index is 11.8. The largest absolute Gasteiger partial charge is 0.296 e. The lowest BCUT2D eigenvalue weighted by molar-refractivity contribution is 0.541. The third-order valence-electron chi connectivity index (χ3n) is 2.69. The van der Waals surface area contributed by atoms with Gasteiger partial charge in [-0.1, -0.05) is 32.6 Å². The summed E-state index contributed by atoms with van der Waals surface area (Å²) in [6.07, 6.45) is 7.60. The highest BCUT2D eigenvalue weighted by Crippen LogP contribution is 2.06. The number of aromatic nitrogens is 2. The Morgan fingerprint density at radius 3 is 2.69 bits per heavy atom. The van der Waals surface area contributed by atoms with Gasteiger partial charge in [0.2, 0.25) is 0 Å². The molecule has 0 aliphatic heterocycles. The molecule has 1 rings (SSSR count). The van der Waals surface area contributed by atoms with Gasteiger partial charge in [0, 0.05) is 12.7 Å². The lowest BCUT2D eigenvalue weighted by Crippen LogP contribution is -2.24. The summed E-state index contributed by atoms with van der Waals surface area (Å²) in [5.41, 5.74) is 0.0305. The summed E-state index contributed by atoms with van der Waals surface area (Å²) in [4.78, 5) is 16.0. The highest BCUT2D eigenvalue weighted by molar-refractivity contribution is 9.10. The lowest BCUT2D eigenvalue weighted by atomic mass is 10.1. The molecule has 1 aromatic rings. The summed E-state index contributed by atoms with van der Waals surface area (Å²) in [6, 6.07) is 0. The molecule has 0 radical (unpaired) electrons. The number of rotatable bonds is 6. The van der Waals surface area contributed by atoms with E-state index in [1.807, 2.05) is 6.92 Å². The quantitative estimate of drug-likeness (QED) is 0.752. The molecule has 0 fully saturated rings. The minimum atomic E-state index is 0.0305. The smallest absolute Gasteiger partial charge is 0.267 e. The van der Waals surface area contributed by atoms with Crippen molar-refractivity contribution in [1.82, 2.24) is 9.55 Å². The topological polar surface area (TPSA) is 34.9 Å². The molecule has 16 heavy (non-hydrogen) atoms. The zero-order chi connectivity index (χ0) is 12.0. The van der Waals surface area contributed by atoms with Gasteiger partial charge in [0.05, 0.1) is 0 Å². The van der Waals surface area contributed by atoms with Crippen LogP contribution in [-0.4, -0.2) is 9.55 Å². The first-order chi connectivity index (χ1) is 7.66. The molecule has 0 atom stereocenters. The molecular formula is C12H19BrN2O. The van der Waals surface area contributed by atoms with E-state index < -0.39 is 0 Å². The Balaban J connectivity index is 2.54. The van der Waals surface area contributed by atoms with Crippen LogP contribution in [-0.2, 0) is 6.54 Å². The van der Waals surface area contributed by atoms with E-state index >= 15 is 0 Å². The molecule has 1 heterocycles. The molecule has 0 saturated heterocycles. The summed E-state index contributed by atoms with van der Waals surface area (Å²) in [5.74, 6) is 0.795. The van der Waals surface area contributed by atoms with Crippen LogP contribution < -0.4 is 5.56 Å². The Bertz CT molecular complexity index is 387. The fourth-order valence-electron chi connectivity index (χ4n) is 1.69. The van der Waals surface area contributed by atoms with Gasteiger partial charge in [-0.05, 0) is 29.3 Å². The van der Waals surface area contributed by atoms with E-state index in [1.165, 1.54) is 25.7 Å². The molecule has 3 nitrogen and oxygen atoms in total. The highest BCUT2D eigenvalue weighted by atomic mass is 79.9. The Morgan fingerprint density at radius 1 is 1.31 bits per heavy atom. The average molecular weight is 287 g/mol. The molecule has 4 heteroatoms. The molecule has 0 N–H and O–H groups in total. The van der Waals surface area contributed by atoms with Crippen LogP contribution in [0.1, 0.15) is 44.9 Å². The minimum Gasteiger partial charge on any atom is -0.296 e. The minimum absolute atomic E-state index is 0.0305. The summed E-state index contributed by atoms with van der Waals surface area (Å²) in [5, 5.41) is 0. The van der Waals surface area contributed by atoms with E-state index in [0.29, 0.717) is 4.47 Å². The van der Waals surface area contributed by atoms with Crippen LogP contribution in [0.15, 0.2) is 15.5 Å². The van der Waals surface area contributed by atoms with Crippen molar-refractivity contribution in [1.29, 1.82) is 0 Å². The lowest BCUT2D eigenvalue weighted by Gasteiger charge is -2.08. The second kappa shape index (κ2) is 6.84. The zero-order valence-corrected chi connectivity index (χ0v) is 11.6. The van der Waals surface area contributed by atoms with Crippen LogP contribution in [0.3, 0.4) is 0 Å². The number of aryl methyl sites for hydroxylation is 1. The Hall–Kier alpha value is -0.640. The molecular weight excluding hydrogens is 268 g/mol. The van der Waals surface area contributed by atoms with Crippen LogP contribution in [0.5, 0.6) is 0 Å². The first-order valence-electron chi connectivity index (χ1n) is 5.88. The number of nitrogens with zero attached hydrogens (tertiary/aromatic N) is 2. The molecule has 0 amide bonds. The number of hydrogen-bond acceptors (Lipinski definition) is 2. The van der Waals surface area contributed by atoms with Gasteiger partial charge in [0.15, 0.2) is 0 Å². The van der Waals surface area contributed by atoms with Crippen LogP contribution in [0, 0.1) is 6.92 Å².